The topological polar surface area (TPSA) is 62.3 Å². The molecule has 184 valence electrons. The number of nitrogens with zero attached hydrogens (tertiary/aromatic N) is 3. The summed E-state index contributed by atoms with van der Waals surface area (Å²) in [6.07, 6.45) is 6.47. The van der Waals surface area contributed by atoms with Crippen LogP contribution in [0.3, 0.4) is 0 Å². The van der Waals surface area contributed by atoms with Crippen LogP contribution < -0.4 is 14.4 Å². The number of fused-ring (bicyclic) bond motifs is 2. The number of imide groups is 1. The summed E-state index contributed by atoms with van der Waals surface area (Å²) in [5.74, 6) is 1.70. The summed E-state index contributed by atoms with van der Waals surface area (Å²) >= 11 is 0. The molecule has 2 aromatic rings. The third-order valence-electron chi connectivity index (χ3n) is 7.88. The molecule has 2 aromatic carbocycles. The van der Waals surface area contributed by atoms with Crippen LogP contribution >= 0.6 is 0 Å². The molecule has 35 heavy (non-hydrogen) atoms. The Kier molecular flexibility index (Phi) is 6.10. The number of hydrogen-bond donors (Lipinski definition) is 0. The molecule has 7 nitrogen and oxygen atoms in total. The van der Waals surface area contributed by atoms with Crippen molar-refractivity contribution < 1.29 is 19.1 Å². The van der Waals surface area contributed by atoms with Crippen molar-refractivity contribution in [3.8, 4) is 11.5 Å². The van der Waals surface area contributed by atoms with Gasteiger partial charge in [-0.05, 0) is 43.0 Å². The van der Waals surface area contributed by atoms with Crippen LogP contribution in [0.2, 0.25) is 0 Å². The number of carbonyl (C=O) groups excluding carboxylic acids is 2. The van der Waals surface area contributed by atoms with Gasteiger partial charge in [0, 0.05) is 32.7 Å². The third kappa shape index (κ3) is 4.38. The lowest BCUT2D eigenvalue weighted by Gasteiger charge is -2.38. The van der Waals surface area contributed by atoms with E-state index in [-0.39, 0.29) is 24.5 Å². The van der Waals surface area contributed by atoms with E-state index in [1.54, 1.807) is 6.07 Å². The van der Waals surface area contributed by atoms with Gasteiger partial charge in [0.25, 0.3) is 11.8 Å². The van der Waals surface area contributed by atoms with Crippen LogP contribution in [0.25, 0.3) is 0 Å². The van der Waals surface area contributed by atoms with E-state index in [2.05, 4.69) is 9.80 Å². The zero-order chi connectivity index (χ0) is 23.8. The van der Waals surface area contributed by atoms with Crippen molar-refractivity contribution in [1.82, 2.24) is 9.80 Å². The Morgan fingerprint density at radius 1 is 0.800 bits per heavy atom. The molecule has 6 rings (SSSR count). The number of hydrogen-bond acceptors (Lipinski definition) is 6. The molecule has 7 heteroatoms. The Hall–Kier alpha value is -3.06. The summed E-state index contributed by atoms with van der Waals surface area (Å²) in [7, 11) is 0. The molecule has 1 saturated carbocycles. The quantitative estimate of drug-likeness (QED) is 0.613. The van der Waals surface area contributed by atoms with Gasteiger partial charge < -0.3 is 14.4 Å². The Bertz CT molecular complexity index is 1110. The lowest BCUT2D eigenvalue weighted by molar-refractivity contribution is 0.0430. The van der Waals surface area contributed by atoms with Crippen molar-refractivity contribution in [3.05, 3.63) is 53.6 Å². The fourth-order valence-corrected chi connectivity index (χ4v) is 6.01. The van der Waals surface area contributed by atoms with Gasteiger partial charge in [-0.2, -0.15) is 0 Å². The maximum atomic E-state index is 13.5. The molecule has 0 spiro atoms. The molecule has 0 radical (unpaired) electrons. The highest BCUT2D eigenvalue weighted by Gasteiger charge is 2.40. The third-order valence-corrected chi connectivity index (χ3v) is 7.88. The first-order chi connectivity index (χ1) is 17.2. The van der Waals surface area contributed by atoms with Crippen LogP contribution in [0.15, 0.2) is 42.5 Å². The first-order valence-corrected chi connectivity index (χ1v) is 13.0. The van der Waals surface area contributed by atoms with Crippen LogP contribution in [0.4, 0.5) is 5.69 Å². The molecule has 1 atom stereocenters. The average Bonchev–Trinajstić information content (AvgIpc) is 3.14. The summed E-state index contributed by atoms with van der Waals surface area (Å²) in [5.41, 5.74) is 1.91. The smallest absolute Gasteiger partial charge is 0.263 e. The largest absolute Gasteiger partial charge is 0.486 e. The molecule has 0 bridgehead atoms. The highest BCUT2D eigenvalue weighted by Crippen LogP contribution is 2.35. The minimum Gasteiger partial charge on any atom is -0.486 e. The number of anilines is 1. The Morgan fingerprint density at radius 3 is 2.37 bits per heavy atom. The molecular formula is C28H33N3O4. The molecule has 3 heterocycles. The number of carbonyl (C=O) groups is 2. The van der Waals surface area contributed by atoms with Crippen molar-refractivity contribution in [2.24, 2.45) is 5.92 Å². The Morgan fingerprint density at radius 2 is 1.57 bits per heavy atom. The van der Waals surface area contributed by atoms with E-state index in [1.165, 1.54) is 43.5 Å². The van der Waals surface area contributed by atoms with E-state index in [0.29, 0.717) is 29.2 Å². The van der Waals surface area contributed by atoms with Crippen molar-refractivity contribution >= 4 is 17.5 Å². The van der Waals surface area contributed by atoms with Crippen molar-refractivity contribution in [3.63, 3.8) is 0 Å². The van der Waals surface area contributed by atoms with E-state index in [9.17, 15) is 9.59 Å². The number of para-hydroxylation sites is 2. The minimum atomic E-state index is -0.390. The second-order valence-corrected chi connectivity index (χ2v) is 10.2. The molecule has 3 aliphatic heterocycles. The van der Waals surface area contributed by atoms with Gasteiger partial charge in [-0.1, -0.05) is 37.5 Å². The van der Waals surface area contributed by atoms with Gasteiger partial charge in [-0.25, -0.2) is 0 Å². The predicted molar refractivity (Wildman–Crippen MR) is 133 cm³/mol. The van der Waals surface area contributed by atoms with Gasteiger partial charge in [-0.3, -0.25) is 19.4 Å². The zero-order valence-corrected chi connectivity index (χ0v) is 20.2. The molecule has 2 fully saturated rings. The van der Waals surface area contributed by atoms with Gasteiger partial charge in [-0.15, -0.1) is 0 Å². The average molecular weight is 476 g/mol. The SMILES string of the molecule is O=C1c2cccc(N3CCN(CC4CCCCC4)CC3)c2C(=O)N1CC1COc2ccccc2O1. The highest BCUT2D eigenvalue weighted by molar-refractivity contribution is 6.23. The summed E-state index contributed by atoms with van der Waals surface area (Å²) in [6.45, 7) is 5.42. The number of ether oxygens (including phenoxy) is 2. The van der Waals surface area contributed by atoms with E-state index < -0.39 is 0 Å². The van der Waals surface area contributed by atoms with Crippen LogP contribution in [-0.2, 0) is 0 Å². The second kappa shape index (κ2) is 9.53. The van der Waals surface area contributed by atoms with Gasteiger partial charge in [0.1, 0.15) is 6.61 Å². The van der Waals surface area contributed by atoms with E-state index >= 15 is 0 Å². The van der Waals surface area contributed by atoms with Crippen molar-refractivity contribution in [2.75, 3.05) is 50.8 Å². The number of piperazine rings is 1. The number of rotatable bonds is 5. The first-order valence-electron chi connectivity index (χ1n) is 13.0. The molecule has 0 N–H and O–H groups in total. The van der Waals surface area contributed by atoms with Crippen LogP contribution in [0, 0.1) is 5.92 Å². The summed E-state index contributed by atoms with van der Waals surface area (Å²) in [4.78, 5) is 32.9. The van der Waals surface area contributed by atoms with E-state index in [4.69, 9.17) is 9.47 Å². The first kappa shape index (κ1) is 22.4. The van der Waals surface area contributed by atoms with Gasteiger partial charge in [0.2, 0.25) is 0 Å². The fraction of sp³-hybridized carbons (Fsp3) is 0.500. The summed E-state index contributed by atoms with van der Waals surface area (Å²) in [6, 6.07) is 13.1. The molecule has 2 amide bonds. The van der Waals surface area contributed by atoms with E-state index in [0.717, 1.165) is 37.8 Å². The molecule has 1 saturated heterocycles. The molecule has 1 unspecified atom stereocenters. The Labute approximate surface area is 206 Å². The fourth-order valence-electron chi connectivity index (χ4n) is 6.01. The summed E-state index contributed by atoms with van der Waals surface area (Å²) in [5, 5.41) is 0. The molecular weight excluding hydrogens is 442 g/mol. The zero-order valence-electron chi connectivity index (χ0n) is 20.2. The second-order valence-electron chi connectivity index (χ2n) is 10.2. The minimum absolute atomic E-state index is 0.176. The van der Waals surface area contributed by atoms with E-state index in [1.807, 2.05) is 36.4 Å². The standard InChI is InChI=1S/C28H33N3O4/c32-27-22-9-6-10-23(30-15-13-29(14-16-30)17-20-7-2-1-3-8-20)26(22)28(33)31(27)18-21-19-34-24-11-4-5-12-25(24)35-21/h4-6,9-12,20-21H,1-3,7-8,13-19H2. The van der Waals surface area contributed by atoms with Crippen LogP contribution in [0.1, 0.15) is 52.8 Å². The van der Waals surface area contributed by atoms with Crippen LogP contribution in [0.5, 0.6) is 11.5 Å². The number of benzene rings is 2. The lowest BCUT2D eigenvalue weighted by Crippen LogP contribution is -2.48. The van der Waals surface area contributed by atoms with Crippen LogP contribution in [-0.4, -0.2) is 73.6 Å². The highest BCUT2D eigenvalue weighted by atomic mass is 16.6. The molecule has 0 aromatic heterocycles. The number of amides is 2. The molecule has 4 aliphatic rings. The van der Waals surface area contributed by atoms with Crippen molar-refractivity contribution in [1.29, 1.82) is 0 Å². The molecule has 1 aliphatic carbocycles. The predicted octanol–water partition coefficient (Wildman–Crippen LogP) is 3.82. The maximum absolute atomic E-state index is 13.5. The Balaban J connectivity index is 1.13. The maximum Gasteiger partial charge on any atom is 0.263 e. The summed E-state index contributed by atoms with van der Waals surface area (Å²) < 4.78 is 11.8. The monoisotopic (exact) mass is 475 g/mol. The normalized spacial score (nSPS) is 23.0. The van der Waals surface area contributed by atoms with Gasteiger partial charge in [0.15, 0.2) is 17.6 Å². The van der Waals surface area contributed by atoms with Gasteiger partial charge in [0.05, 0.1) is 23.4 Å². The van der Waals surface area contributed by atoms with Crippen molar-refractivity contribution in [2.45, 2.75) is 38.2 Å². The van der Waals surface area contributed by atoms with Gasteiger partial charge >= 0.3 is 0 Å². The lowest BCUT2D eigenvalue weighted by atomic mass is 9.89.